The van der Waals surface area contributed by atoms with Gasteiger partial charge in [-0.15, -0.1) is 11.3 Å². The zero-order valence-electron chi connectivity index (χ0n) is 13.4. The lowest BCUT2D eigenvalue weighted by molar-refractivity contribution is 1.32. The van der Waals surface area contributed by atoms with Crippen molar-refractivity contribution in [3.05, 3.63) is 74.0 Å². The zero-order valence-corrected chi connectivity index (χ0v) is 15.8. The fraction of sp³-hybridized carbons (Fsp3) is 0.100. The summed E-state index contributed by atoms with van der Waals surface area (Å²) < 4.78 is 0.962. The average Bonchev–Trinajstić information content (AvgIpc) is 3.03. The summed E-state index contributed by atoms with van der Waals surface area (Å²) in [5.74, 6) is 0. The van der Waals surface area contributed by atoms with Gasteiger partial charge in [-0.3, -0.25) is 0 Å². The highest BCUT2D eigenvalue weighted by atomic mass is 79.9. The van der Waals surface area contributed by atoms with Crippen LogP contribution in [-0.4, -0.2) is 4.98 Å². The zero-order chi connectivity index (χ0) is 17.1. The molecule has 2 nitrogen and oxygen atoms in total. The summed E-state index contributed by atoms with van der Waals surface area (Å²) in [5.41, 5.74) is 6.00. The Morgan fingerprint density at radius 1 is 1.21 bits per heavy atom. The first-order valence-corrected chi connectivity index (χ1v) is 9.15. The van der Waals surface area contributed by atoms with Crippen LogP contribution in [-0.2, 0) is 0 Å². The number of allylic oxidation sites excluding steroid dienone is 1. The molecule has 0 saturated carbocycles. The van der Waals surface area contributed by atoms with E-state index in [1.54, 1.807) is 0 Å². The molecule has 0 aliphatic carbocycles. The van der Waals surface area contributed by atoms with Crippen LogP contribution in [0.5, 0.6) is 0 Å². The van der Waals surface area contributed by atoms with E-state index in [-0.39, 0.29) is 0 Å². The van der Waals surface area contributed by atoms with E-state index in [0.717, 1.165) is 26.3 Å². The number of aromatic nitrogens is 1. The minimum atomic E-state index is 0.572. The Hall–Kier alpha value is -2.22. The molecule has 3 aromatic rings. The molecule has 0 fully saturated rings. The summed E-state index contributed by atoms with van der Waals surface area (Å²) in [5, 5.41) is 12.3. The first-order chi connectivity index (χ1) is 11.6. The third-order valence-corrected chi connectivity index (χ3v) is 5.32. The molecule has 0 atom stereocenters. The highest BCUT2D eigenvalue weighted by Crippen LogP contribution is 2.30. The van der Waals surface area contributed by atoms with E-state index in [2.05, 4.69) is 59.0 Å². The van der Waals surface area contributed by atoms with Gasteiger partial charge in [-0.2, -0.15) is 5.26 Å². The molecule has 0 radical (unpaired) electrons. The van der Waals surface area contributed by atoms with Crippen LogP contribution in [0, 0.1) is 25.2 Å². The van der Waals surface area contributed by atoms with Crippen LogP contribution >= 0.6 is 27.3 Å². The van der Waals surface area contributed by atoms with Crippen LogP contribution in [0.3, 0.4) is 0 Å². The monoisotopic (exact) mass is 394 g/mol. The average molecular weight is 395 g/mol. The topological polar surface area (TPSA) is 36.7 Å². The number of rotatable bonds is 3. The van der Waals surface area contributed by atoms with Crippen LogP contribution in [0.2, 0.25) is 0 Å². The first kappa shape index (κ1) is 16.6. The molecule has 0 unspecified atom stereocenters. The lowest BCUT2D eigenvalue weighted by atomic mass is 10.0. The minimum Gasteiger partial charge on any atom is -0.235 e. The smallest absolute Gasteiger partial charge is 0.134 e. The summed E-state index contributed by atoms with van der Waals surface area (Å²) in [7, 11) is 0. The Labute approximate surface area is 154 Å². The number of thiazole rings is 1. The Balaban J connectivity index is 2.00. The Morgan fingerprint density at radius 3 is 2.71 bits per heavy atom. The number of nitriles is 1. The van der Waals surface area contributed by atoms with Crippen LogP contribution < -0.4 is 0 Å². The van der Waals surface area contributed by atoms with E-state index < -0.39 is 0 Å². The van der Waals surface area contributed by atoms with Gasteiger partial charge in [0.05, 0.1) is 11.3 Å². The van der Waals surface area contributed by atoms with Crippen molar-refractivity contribution in [2.24, 2.45) is 0 Å². The van der Waals surface area contributed by atoms with Crippen molar-refractivity contribution in [3.63, 3.8) is 0 Å². The minimum absolute atomic E-state index is 0.572. The second kappa shape index (κ2) is 7.12. The summed E-state index contributed by atoms with van der Waals surface area (Å²) in [6, 6.07) is 16.4. The van der Waals surface area contributed by atoms with Crippen molar-refractivity contribution in [2.45, 2.75) is 13.8 Å². The molecule has 0 saturated heterocycles. The summed E-state index contributed by atoms with van der Waals surface area (Å²) in [4.78, 5) is 4.68. The third-order valence-electron chi connectivity index (χ3n) is 3.72. The number of nitrogens with zero attached hydrogens (tertiary/aromatic N) is 2. The predicted octanol–water partition coefficient (Wildman–Crippen LogP) is 6.25. The lowest BCUT2D eigenvalue weighted by Gasteiger charge is -2.03. The van der Waals surface area contributed by atoms with Gasteiger partial charge in [0.1, 0.15) is 11.1 Å². The first-order valence-electron chi connectivity index (χ1n) is 7.48. The predicted molar refractivity (Wildman–Crippen MR) is 105 cm³/mol. The molecule has 0 N–H and O–H groups in total. The number of hydrogen-bond acceptors (Lipinski definition) is 3. The standard InChI is InChI=1S/C20H15BrN2S/c1-13-7-8-17(14(2)9-13)19-12-24-20(23-19)16(11-22)10-15-5-3-4-6-18(15)21/h3-10,12H,1-2H3/b16-10+. The molecule has 2 aromatic carbocycles. The van der Waals surface area contributed by atoms with Gasteiger partial charge in [-0.25, -0.2) is 4.98 Å². The number of halogens is 1. The fourth-order valence-electron chi connectivity index (χ4n) is 2.51. The number of aryl methyl sites for hydroxylation is 2. The molecule has 0 spiro atoms. The number of hydrogen-bond donors (Lipinski definition) is 0. The van der Waals surface area contributed by atoms with E-state index >= 15 is 0 Å². The van der Waals surface area contributed by atoms with Crippen molar-refractivity contribution in [1.29, 1.82) is 5.26 Å². The number of benzene rings is 2. The normalized spacial score (nSPS) is 11.3. The largest absolute Gasteiger partial charge is 0.235 e. The van der Waals surface area contributed by atoms with Crippen LogP contribution in [0.4, 0.5) is 0 Å². The maximum absolute atomic E-state index is 9.54. The van der Waals surface area contributed by atoms with E-state index in [9.17, 15) is 5.26 Å². The fourth-order valence-corrected chi connectivity index (χ4v) is 3.70. The Bertz CT molecular complexity index is 964. The van der Waals surface area contributed by atoms with Gasteiger partial charge in [0.15, 0.2) is 0 Å². The van der Waals surface area contributed by atoms with Crippen molar-refractivity contribution in [2.75, 3.05) is 0 Å². The van der Waals surface area contributed by atoms with Crippen molar-refractivity contribution in [3.8, 4) is 17.3 Å². The second-order valence-electron chi connectivity index (χ2n) is 5.55. The van der Waals surface area contributed by atoms with Crippen LogP contribution in [0.25, 0.3) is 22.9 Å². The SMILES string of the molecule is Cc1ccc(-c2csc(/C(C#N)=C/c3ccccc3Br)n2)c(C)c1. The van der Waals surface area contributed by atoms with Gasteiger partial charge in [-0.05, 0) is 37.1 Å². The Kier molecular flexibility index (Phi) is 4.94. The molecule has 3 rings (SSSR count). The highest BCUT2D eigenvalue weighted by molar-refractivity contribution is 9.10. The van der Waals surface area contributed by atoms with Gasteiger partial charge in [0.2, 0.25) is 0 Å². The molecule has 0 aliphatic heterocycles. The molecule has 0 bridgehead atoms. The molecule has 1 heterocycles. The molecule has 1 aromatic heterocycles. The second-order valence-corrected chi connectivity index (χ2v) is 7.26. The molecule has 118 valence electrons. The molecule has 24 heavy (non-hydrogen) atoms. The van der Waals surface area contributed by atoms with Gasteiger partial charge in [0, 0.05) is 15.4 Å². The third kappa shape index (κ3) is 3.48. The van der Waals surface area contributed by atoms with Crippen molar-refractivity contribution >= 4 is 38.9 Å². The molecular formula is C20H15BrN2S. The Morgan fingerprint density at radius 2 is 2.00 bits per heavy atom. The van der Waals surface area contributed by atoms with Gasteiger partial charge < -0.3 is 0 Å². The maximum atomic E-state index is 9.54. The van der Waals surface area contributed by atoms with E-state index in [4.69, 9.17) is 0 Å². The molecule has 0 aliphatic rings. The summed E-state index contributed by atoms with van der Waals surface area (Å²) in [6.07, 6.45) is 1.87. The maximum Gasteiger partial charge on any atom is 0.134 e. The van der Waals surface area contributed by atoms with Gasteiger partial charge >= 0.3 is 0 Å². The summed E-state index contributed by atoms with van der Waals surface area (Å²) >= 11 is 5.01. The quantitative estimate of drug-likeness (QED) is 0.491. The molecule has 0 amide bonds. The summed E-state index contributed by atoms with van der Waals surface area (Å²) in [6.45, 7) is 4.17. The van der Waals surface area contributed by atoms with E-state index in [1.807, 2.05) is 35.7 Å². The van der Waals surface area contributed by atoms with E-state index in [1.165, 1.54) is 22.5 Å². The van der Waals surface area contributed by atoms with Gasteiger partial charge in [-0.1, -0.05) is 57.9 Å². The van der Waals surface area contributed by atoms with Crippen molar-refractivity contribution in [1.82, 2.24) is 4.98 Å². The van der Waals surface area contributed by atoms with Crippen molar-refractivity contribution < 1.29 is 0 Å². The highest BCUT2D eigenvalue weighted by Gasteiger charge is 2.11. The lowest BCUT2D eigenvalue weighted by Crippen LogP contribution is -1.87. The van der Waals surface area contributed by atoms with Gasteiger partial charge in [0.25, 0.3) is 0 Å². The van der Waals surface area contributed by atoms with Crippen LogP contribution in [0.1, 0.15) is 21.7 Å². The van der Waals surface area contributed by atoms with Crippen LogP contribution in [0.15, 0.2) is 52.3 Å². The molecular weight excluding hydrogens is 380 g/mol. The molecule has 4 heteroatoms. The van der Waals surface area contributed by atoms with E-state index in [0.29, 0.717) is 5.57 Å².